The van der Waals surface area contributed by atoms with E-state index in [9.17, 15) is 0 Å². The molecule has 0 aliphatic carbocycles. The maximum atomic E-state index is 5.34. The van der Waals surface area contributed by atoms with E-state index in [1.165, 1.54) is 0 Å². The van der Waals surface area contributed by atoms with Crippen molar-refractivity contribution in [3.63, 3.8) is 0 Å². The van der Waals surface area contributed by atoms with Crippen molar-refractivity contribution >= 4 is 17.7 Å². The Balaban J connectivity index is 1.67. The van der Waals surface area contributed by atoms with Crippen molar-refractivity contribution in [3.05, 3.63) is 24.7 Å². The topological polar surface area (TPSA) is 106 Å². The van der Waals surface area contributed by atoms with Crippen LogP contribution in [0.2, 0.25) is 0 Å². The fraction of sp³-hybridized carbons (Fsp3) is 0.308. The van der Waals surface area contributed by atoms with Crippen LogP contribution in [0.5, 0.6) is 5.75 Å². The second-order valence-corrected chi connectivity index (χ2v) is 5.65. The molecule has 0 amide bonds. The van der Waals surface area contributed by atoms with Crippen LogP contribution in [-0.2, 0) is 7.05 Å². The smallest absolute Gasteiger partial charge is 0.223 e. The van der Waals surface area contributed by atoms with Gasteiger partial charge in [-0.3, -0.25) is 4.68 Å². The number of aromatic nitrogens is 7. The van der Waals surface area contributed by atoms with Gasteiger partial charge in [0.25, 0.3) is 0 Å². The Bertz CT molecular complexity index is 757. The number of aryl methyl sites for hydroxylation is 1. The molecule has 3 aromatic heterocycles. The first kappa shape index (κ1) is 15.3. The summed E-state index contributed by atoms with van der Waals surface area (Å²) in [5.41, 5.74) is 1.57. The van der Waals surface area contributed by atoms with Gasteiger partial charge in [-0.1, -0.05) is 0 Å². The number of rotatable bonds is 7. The maximum Gasteiger partial charge on any atom is 0.223 e. The van der Waals surface area contributed by atoms with Gasteiger partial charge in [-0.15, -0.1) is 16.9 Å². The van der Waals surface area contributed by atoms with E-state index in [1.54, 1.807) is 42.1 Å². The van der Waals surface area contributed by atoms with Crippen LogP contribution in [0.15, 0.2) is 29.7 Å². The van der Waals surface area contributed by atoms with Crippen molar-refractivity contribution in [2.45, 2.75) is 5.03 Å². The lowest BCUT2D eigenvalue weighted by Crippen LogP contribution is -2.09. The minimum absolute atomic E-state index is 0.544. The van der Waals surface area contributed by atoms with Crippen LogP contribution in [-0.4, -0.2) is 54.6 Å². The Morgan fingerprint density at radius 1 is 1.39 bits per heavy atom. The summed E-state index contributed by atoms with van der Waals surface area (Å²) in [6, 6.07) is 1.88. The summed E-state index contributed by atoms with van der Waals surface area (Å²) in [4.78, 5) is 8.79. The summed E-state index contributed by atoms with van der Waals surface area (Å²) in [6.07, 6.45) is 5.07. The third kappa shape index (κ3) is 3.59. The van der Waals surface area contributed by atoms with Crippen molar-refractivity contribution in [3.8, 4) is 17.1 Å². The first-order valence-electron chi connectivity index (χ1n) is 6.90. The van der Waals surface area contributed by atoms with E-state index in [0.717, 1.165) is 16.5 Å². The molecule has 0 aromatic carbocycles. The molecule has 0 aliphatic heterocycles. The molecule has 0 atom stereocenters. The summed E-state index contributed by atoms with van der Waals surface area (Å²) < 4.78 is 7.08. The third-order valence-corrected chi connectivity index (χ3v) is 3.97. The zero-order valence-corrected chi connectivity index (χ0v) is 13.5. The van der Waals surface area contributed by atoms with Crippen molar-refractivity contribution in [2.75, 3.05) is 24.7 Å². The van der Waals surface area contributed by atoms with Gasteiger partial charge in [0.15, 0.2) is 5.75 Å². The molecule has 0 spiro atoms. The summed E-state index contributed by atoms with van der Waals surface area (Å²) in [5.74, 6) is 1.97. The molecular weight excluding hydrogens is 316 g/mol. The molecule has 3 rings (SSSR count). The molecular formula is C13H16N8OS. The molecule has 0 saturated carbocycles. The van der Waals surface area contributed by atoms with Gasteiger partial charge in [0.05, 0.1) is 25.2 Å². The molecule has 0 bridgehead atoms. The van der Waals surface area contributed by atoms with Crippen LogP contribution in [0, 0.1) is 0 Å². The van der Waals surface area contributed by atoms with Gasteiger partial charge in [0.1, 0.15) is 10.7 Å². The standard InChI is InChI=1S/C13H16N8OS/c1-21-9(3-4-17-21)12-10(22-2)7-15-13(18-12)14-5-6-23-11-8-16-20-19-11/h3-4,7-8H,5-6H2,1-2H3,(H,14,15,18)(H,16,19,20). The highest BCUT2D eigenvalue weighted by molar-refractivity contribution is 7.99. The van der Waals surface area contributed by atoms with Gasteiger partial charge in [0.2, 0.25) is 5.95 Å². The average molecular weight is 332 g/mol. The van der Waals surface area contributed by atoms with E-state index >= 15 is 0 Å². The lowest BCUT2D eigenvalue weighted by Gasteiger charge is -2.10. The summed E-state index contributed by atoms with van der Waals surface area (Å²) in [5, 5.41) is 18.5. The number of nitrogens with zero attached hydrogens (tertiary/aromatic N) is 6. The first-order chi connectivity index (χ1) is 11.3. The molecule has 0 saturated heterocycles. The Kier molecular flexibility index (Phi) is 4.71. The van der Waals surface area contributed by atoms with Crippen molar-refractivity contribution < 1.29 is 4.74 Å². The number of ether oxygens (including phenoxy) is 1. The molecule has 0 fully saturated rings. The molecule has 0 radical (unpaired) electrons. The fourth-order valence-electron chi connectivity index (χ4n) is 1.97. The Morgan fingerprint density at radius 3 is 3.00 bits per heavy atom. The van der Waals surface area contributed by atoms with Gasteiger partial charge in [-0.2, -0.15) is 15.4 Å². The second kappa shape index (κ2) is 7.09. The number of H-pyrrole nitrogens is 1. The van der Waals surface area contributed by atoms with Crippen LogP contribution in [0.1, 0.15) is 0 Å². The van der Waals surface area contributed by atoms with Crippen molar-refractivity contribution in [2.24, 2.45) is 7.05 Å². The van der Waals surface area contributed by atoms with E-state index in [1.807, 2.05) is 13.1 Å². The minimum atomic E-state index is 0.544. The zero-order chi connectivity index (χ0) is 16.1. The molecule has 120 valence electrons. The zero-order valence-electron chi connectivity index (χ0n) is 12.7. The van der Waals surface area contributed by atoms with Crippen LogP contribution in [0.4, 0.5) is 5.95 Å². The van der Waals surface area contributed by atoms with Crippen molar-refractivity contribution in [1.82, 2.24) is 35.2 Å². The predicted molar refractivity (Wildman–Crippen MR) is 86.4 cm³/mol. The Hall–Kier alpha value is -2.62. The number of anilines is 1. The van der Waals surface area contributed by atoms with Crippen LogP contribution in [0.25, 0.3) is 11.4 Å². The van der Waals surface area contributed by atoms with E-state index in [2.05, 4.69) is 35.8 Å². The number of hydrogen-bond acceptors (Lipinski definition) is 8. The average Bonchev–Trinajstić information content (AvgIpc) is 3.23. The molecule has 10 heteroatoms. The second-order valence-electron chi connectivity index (χ2n) is 4.53. The lowest BCUT2D eigenvalue weighted by molar-refractivity contribution is 0.412. The van der Waals surface area contributed by atoms with Crippen LogP contribution >= 0.6 is 11.8 Å². The summed E-state index contributed by atoms with van der Waals surface area (Å²) in [7, 11) is 3.46. The Morgan fingerprint density at radius 2 is 2.30 bits per heavy atom. The number of thioether (sulfide) groups is 1. The van der Waals surface area contributed by atoms with Gasteiger partial charge in [-0.25, -0.2) is 9.97 Å². The summed E-state index contributed by atoms with van der Waals surface area (Å²) >= 11 is 1.60. The highest BCUT2D eigenvalue weighted by Gasteiger charge is 2.13. The van der Waals surface area contributed by atoms with Crippen LogP contribution in [0.3, 0.4) is 0 Å². The van der Waals surface area contributed by atoms with Gasteiger partial charge >= 0.3 is 0 Å². The number of methoxy groups -OCH3 is 1. The van der Waals surface area contributed by atoms with Crippen molar-refractivity contribution in [1.29, 1.82) is 0 Å². The van der Waals surface area contributed by atoms with Gasteiger partial charge in [0, 0.05) is 25.5 Å². The highest BCUT2D eigenvalue weighted by Crippen LogP contribution is 2.27. The highest BCUT2D eigenvalue weighted by atomic mass is 32.2. The molecule has 9 nitrogen and oxygen atoms in total. The monoisotopic (exact) mass is 332 g/mol. The Labute approximate surface area is 136 Å². The van der Waals surface area contributed by atoms with Crippen LogP contribution < -0.4 is 10.1 Å². The van der Waals surface area contributed by atoms with Gasteiger partial charge in [-0.05, 0) is 6.07 Å². The molecule has 23 heavy (non-hydrogen) atoms. The molecule has 3 aromatic rings. The number of aromatic amines is 1. The molecule has 0 aliphatic rings. The van der Waals surface area contributed by atoms with Gasteiger partial charge < -0.3 is 10.1 Å². The normalized spacial score (nSPS) is 10.7. The summed E-state index contributed by atoms with van der Waals surface area (Å²) in [6.45, 7) is 0.703. The minimum Gasteiger partial charge on any atom is -0.493 e. The molecule has 3 heterocycles. The maximum absolute atomic E-state index is 5.34. The molecule has 0 unspecified atom stereocenters. The quantitative estimate of drug-likeness (QED) is 0.491. The number of hydrogen-bond donors (Lipinski definition) is 2. The number of nitrogens with one attached hydrogen (secondary N) is 2. The third-order valence-electron chi connectivity index (χ3n) is 3.07. The largest absolute Gasteiger partial charge is 0.493 e. The predicted octanol–water partition coefficient (Wildman–Crippen LogP) is 1.21. The van der Waals surface area contributed by atoms with E-state index in [4.69, 9.17) is 4.74 Å². The molecule has 2 N–H and O–H groups in total. The lowest BCUT2D eigenvalue weighted by atomic mass is 10.3. The SMILES string of the molecule is COc1cnc(NCCSc2cn[nH]n2)nc1-c1ccnn1C. The van der Waals surface area contributed by atoms with E-state index < -0.39 is 0 Å². The van der Waals surface area contributed by atoms with E-state index in [0.29, 0.717) is 23.9 Å². The van der Waals surface area contributed by atoms with E-state index in [-0.39, 0.29) is 0 Å². The first-order valence-corrected chi connectivity index (χ1v) is 7.88. The fourth-order valence-corrected chi connectivity index (χ4v) is 2.62.